The zero-order valence-corrected chi connectivity index (χ0v) is 16.3. The lowest BCUT2D eigenvalue weighted by Crippen LogP contribution is -3.03. The molecule has 2 aliphatic heterocycles. The minimum Gasteiger partial charge on any atom is -0.496 e. The Morgan fingerprint density at radius 3 is 2.36 bits per heavy atom. The molecule has 2 heterocycles. The second-order valence-electron chi connectivity index (χ2n) is 7.04. The highest BCUT2D eigenvalue weighted by Crippen LogP contribution is 2.49. The van der Waals surface area contributed by atoms with Crippen molar-refractivity contribution in [3.63, 3.8) is 0 Å². The number of quaternary nitrogens is 1. The third kappa shape index (κ3) is 2.24. The van der Waals surface area contributed by atoms with Gasteiger partial charge in [-0.3, -0.25) is 4.90 Å². The lowest BCUT2D eigenvalue weighted by Gasteiger charge is -2.29. The summed E-state index contributed by atoms with van der Waals surface area (Å²) in [5.74, 6) is 3.90. The van der Waals surface area contributed by atoms with Crippen LogP contribution in [-0.4, -0.2) is 35.2 Å². The lowest BCUT2D eigenvalue weighted by atomic mass is 9.89. The molecule has 0 aromatic heterocycles. The van der Waals surface area contributed by atoms with Crippen molar-refractivity contribution >= 4 is 16.5 Å². The molecular weight excluding hydrogens is 358 g/mol. The molecule has 28 heavy (non-hydrogen) atoms. The zero-order valence-electron chi connectivity index (χ0n) is 16.3. The van der Waals surface area contributed by atoms with Gasteiger partial charge in [0.1, 0.15) is 12.3 Å². The summed E-state index contributed by atoms with van der Waals surface area (Å²) >= 11 is 0. The number of fused-ring (bicyclic) bond motifs is 6. The molecule has 0 saturated carbocycles. The van der Waals surface area contributed by atoms with Crippen LogP contribution in [0.5, 0.6) is 28.7 Å². The highest BCUT2D eigenvalue weighted by atomic mass is 16.7. The van der Waals surface area contributed by atoms with E-state index >= 15 is 0 Å². The van der Waals surface area contributed by atoms with Crippen LogP contribution < -0.4 is 28.6 Å². The first-order valence-electron chi connectivity index (χ1n) is 9.17. The summed E-state index contributed by atoms with van der Waals surface area (Å²) in [7, 11) is 7.21. The van der Waals surface area contributed by atoms with Gasteiger partial charge in [-0.05, 0) is 35.7 Å². The van der Waals surface area contributed by atoms with Crippen LogP contribution in [-0.2, 0) is 6.54 Å². The molecule has 0 radical (unpaired) electrons. The van der Waals surface area contributed by atoms with Crippen LogP contribution in [0.1, 0.15) is 5.56 Å². The maximum atomic E-state index is 5.82. The maximum Gasteiger partial charge on any atom is 0.231 e. The van der Waals surface area contributed by atoms with Crippen molar-refractivity contribution in [1.29, 1.82) is 0 Å². The van der Waals surface area contributed by atoms with Crippen molar-refractivity contribution in [2.75, 3.05) is 35.2 Å². The van der Waals surface area contributed by atoms with Crippen molar-refractivity contribution in [2.45, 2.75) is 6.54 Å². The Morgan fingerprint density at radius 1 is 0.893 bits per heavy atom. The highest BCUT2D eigenvalue weighted by Gasteiger charge is 2.33. The van der Waals surface area contributed by atoms with Crippen LogP contribution in [0.2, 0.25) is 0 Å². The smallest absolute Gasteiger partial charge is 0.231 e. The van der Waals surface area contributed by atoms with Crippen molar-refractivity contribution in [3.05, 3.63) is 35.9 Å². The topological polar surface area (TPSA) is 50.6 Å². The summed E-state index contributed by atoms with van der Waals surface area (Å²) < 4.78 is 28.2. The van der Waals surface area contributed by atoms with Crippen molar-refractivity contribution in [2.24, 2.45) is 0 Å². The summed E-state index contributed by atoms with van der Waals surface area (Å²) in [6, 6.07) is 10.2. The monoisotopic (exact) mass is 380 g/mol. The van der Waals surface area contributed by atoms with Gasteiger partial charge in [-0.15, -0.1) is 0 Å². The molecule has 3 aromatic rings. The molecule has 0 saturated heterocycles. The fraction of sp³-hybridized carbons (Fsp3) is 0.273. The van der Waals surface area contributed by atoms with Gasteiger partial charge in [0.15, 0.2) is 28.7 Å². The highest BCUT2D eigenvalue weighted by molar-refractivity contribution is 6.03. The van der Waals surface area contributed by atoms with Crippen LogP contribution >= 0.6 is 0 Å². The minimum atomic E-state index is 0.257. The fourth-order valence-electron chi connectivity index (χ4n) is 4.39. The van der Waals surface area contributed by atoms with Crippen LogP contribution in [0.4, 0.5) is 5.69 Å². The average molecular weight is 380 g/mol. The van der Waals surface area contributed by atoms with E-state index in [-0.39, 0.29) is 6.79 Å². The molecule has 1 atom stereocenters. The van der Waals surface area contributed by atoms with E-state index in [4.69, 9.17) is 23.7 Å². The molecule has 0 amide bonds. The van der Waals surface area contributed by atoms with Crippen molar-refractivity contribution in [3.8, 4) is 39.9 Å². The molecule has 0 fully saturated rings. The molecule has 6 nitrogen and oxygen atoms in total. The van der Waals surface area contributed by atoms with Crippen molar-refractivity contribution in [1.82, 2.24) is 0 Å². The van der Waals surface area contributed by atoms with Gasteiger partial charge in [0.25, 0.3) is 0 Å². The summed E-state index contributed by atoms with van der Waals surface area (Å²) in [5.41, 5.74) is 4.49. The first-order valence-corrected chi connectivity index (χ1v) is 9.17. The third-order valence-corrected chi connectivity index (χ3v) is 5.60. The molecule has 0 aliphatic carbocycles. The van der Waals surface area contributed by atoms with Gasteiger partial charge >= 0.3 is 0 Å². The molecular formula is C22H22NO5+. The second kappa shape index (κ2) is 6.21. The Bertz CT molecular complexity index is 1110. The van der Waals surface area contributed by atoms with Gasteiger partial charge in [-0.1, -0.05) is 0 Å². The molecule has 6 heteroatoms. The summed E-state index contributed by atoms with van der Waals surface area (Å²) in [4.78, 5) is 1.25. The Labute approximate surface area is 163 Å². The molecule has 5 rings (SSSR count). The van der Waals surface area contributed by atoms with Gasteiger partial charge in [0.05, 0.1) is 39.5 Å². The van der Waals surface area contributed by atoms with Gasteiger partial charge in [0, 0.05) is 10.9 Å². The Kier molecular flexibility index (Phi) is 3.77. The van der Waals surface area contributed by atoms with E-state index in [9.17, 15) is 0 Å². The standard InChI is InChI=1S/C22H21NO5/c1-23-10-15-13(5-6-16(24-2)22(15)26-4)20-19(25-3)8-12-7-17-18(28-11-27-17)9-14(12)21(20)23/h5-9H,10-11H2,1-4H3/p+1. The number of hydrogen-bond acceptors (Lipinski definition) is 5. The maximum absolute atomic E-state index is 5.82. The van der Waals surface area contributed by atoms with Crippen LogP contribution in [0.25, 0.3) is 21.9 Å². The number of benzene rings is 3. The van der Waals surface area contributed by atoms with Crippen LogP contribution in [0.15, 0.2) is 30.3 Å². The lowest BCUT2D eigenvalue weighted by molar-refractivity contribution is -0.824. The normalized spacial score (nSPS) is 16.5. The molecule has 0 spiro atoms. The Hall–Kier alpha value is -3.12. The second-order valence-corrected chi connectivity index (χ2v) is 7.04. The molecule has 1 unspecified atom stereocenters. The number of methoxy groups -OCH3 is 3. The van der Waals surface area contributed by atoms with Gasteiger partial charge in [-0.25, -0.2) is 0 Å². The summed E-state index contributed by atoms with van der Waals surface area (Å²) in [5, 5.41) is 2.21. The minimum absolute atomic E-state index is 0.257. The SMILES string of the molecule is COc1ccc2c(c1OC)C[NH+](C)c1c-2c(OC)cc2cc3c(cc12)OCO3. The third-order valence-electron chi connectivity index (χ3n) is 5.60. The molecule has 3 aromatic carbocycles. The van der Waals surface area contributed by atoms with Gasteiger partial charge < -0.3 is 23.7 Å². The zero-order chi connectivity index (χ0) is 19.4. The van der Waals surface area contributed by atoms with E-state index in [1.807, 2.05) is 12.1 Å². The molecule has 0 bridgehead atoms. The molecule has 1 N–H and O–H groups in total. The first-order chi connectivity index (χ1) is 13.7. The van der Waals surface area contributed by atoms with E-state index in [1.165, 1.54) is 10.6 Å². The molecule has 2 aliphatic rings. The van der Waals surface area contributed by atoms with E-state index < -0.39 is 0 Å². The number of hydrogen-bond donors (Lipinski definition) is 1. The van der Waals surface area contributed by atoms with Crippen LogP contribution in [0, 0.1) is 0 Å². The summed E-state index contributed by atoms with van der Waals surface area (Å²) in [6.07, 6.45) is 0. The van der Waals surface area contributed by atoms with E-state index in [2.05, 4.69) is 25.2 Å². The van der Waals surface area contributed by atoms with Crippen LogP contribution in [0.3, 0.4) is 0 Å². The number of ether oxygens (including phenoxy) is 5. The largest absolute Gasteiger partial charge is 0.496 e. The average Bonchev–Trinajstić information content (AvgIpc) is 3.17. The fourth-order valence-corrected chi connectivity index (χ4v) is 4.39. The van der Waals surface area contributed by atoms with E-state index in [0.29, 0.717) is 0 Å². The molecule has 144 valence electrons. The van der Waals surface area contributed by atoms with E-state index in [1.54, 1.807) is 21.3 Å². The predicted molar refractivity (Wildman–Crippen MR) is 105 cm³/mol. The first kappa shape index (κ1) is 17.0. The van der Waals surface area contributed by atoms with Gasteiger partial charge in [0.2, 0.25) is 6.79 Å². The number of nitrogens with one attached hydrogen (secondary N) is 1. The quantitative estimate of drug-likeness (QED) is 0.757. The van der Waals surface area contributed by atoms with Crippen molar-refractivity contribution < 1.29 is 28.6 Å². The Morgan fingerprint density at radius 2 is 1.64 bits per heavy atom. The number of rotatable bonds is 3. The predicted octanol–water partition coefficient (Wildman–Crippen LogP) is 2.92. The summed E-state index contributed by atoms with van der Waals surface area (Å²) in [6.45, 7) is 1.03. The van der Waals surface area contributed by atoms with Gasteiger partial charge in [-0.2, -0.15) is 0 Å². The Balaban J connectivity index is 1.86. The van der Waals surface area contributed by atoms with E-state index in [0.717, 1.165) is 62.8 Å².